The van der Waals surface area contributed by atoms with Crippen molar-refractivity contribution >= 4 is 64.9 Å². The van der Waals surface area contributed by atoms with Gasteiger partial charge in [-0.05, 0) is 73.6 Å². The lowest BCUT2D eigenvalue weighted by Crippen LogP contribution is -2.19. The maximum atomic E-state index is 6.61. The first-order valence-electron chi connectivity index (χ1n) is 19.9. The molecule has 4 nitrogen and oxygen atoms in total. The number of nitrogens with zero attached hydrogens (tertiary/aromatic N) is 3. The molecule has 0 spiro atoms. The van der Waals surface area contributed by atoms with Gasteiger partial charge in [-0.2, -0.15) is 0 Å². The van der Waals surface area contributed by atoms with Gasteiger partial charge in [0.15, 0.2) is 5.82 Å². The third-order valence-corrected chi connectivity index (χ3v) is 13.0. The number of aromatic nitrogens is 3. The zero-order chi connectivity index (χ0) is 37.6. The summed E-state index contributed by atoms with van der Waals surface area (Å²) in [6.07, 6.45) is 8.62. The Morgan fingerprint density at radius 2 is 1.21 bits per heavy atom. The molecule has 0 saturated carbocycles. The molecule has 0 fully saturated rings. The van der Waals surface area contributed by atoms with E-state index in [4.69, 9.17) is 14.7 Å². The van der Waals surface area contributed by atoms with E-state index in [1.54, 1.807) is 0 Å². The van der Waals surface area contributed by atoms with Crippen LogP contribution in [-0.4, -0.2) is 20.6 Å². The first kappa shape index (κ1) is 31.2. The smallest absolute Gasteiger partial charge is 0.165 e. The molecule has 8 aromatic carbocycles. The number of rotatable bonds is 2. The Morgan fingerprint density at radius 3 is 2.04 bits per heavy atom. The fraction of sp³-hybridized carbons (Fsp3) is 0.0943. The number of fused-ring (bicyclic) bond motifs is 17. The van der Waals surface area contributed by atoms with Gasteiger partial charge in [0.05, 0.1) is 22.4 Å². The summed E-state index contributed by atoms with van der Waals surface area (Å²) in [6, 6.07) is 51.0. The number of ether oxygens (including phenoxy) is 1. The predicted octanol–water partition coefficient (Wildman–Crippen LogP) is 13.1. The average molecular weight is 730 g/mol. The van der Waals surface area contributed by atoms with Crippen molar-refractivity contribution in [3.05, 3.63) is 181 Å². The summed E-state index contributed by atoms with van der Waals surface area (Å²) in [7, 11) is 0. The number of allylic oxidation sites excluding steroid dienone is 2. The average Bonchev–Trinajstić information content (AvgIpc) is 3.87. The van der Waals surface area contributed by atoms with E-state index in [1.807, 2.05) is 0 Å². The summed E-state index contributed by atoms with van der Waals surface area (Å²) in [4.78, 5) is 11.6. The Bertz CT molecular complexity index is 3460. The quantitative estimate of drug-likeness (QED) is 0.166. The molecule has 2 aromatic heterocycles. The minimum absolute atomic E-state index is 0.0493. The molecule has 0 bridgehead atoms. The molecule has 2 aliphatic carbocycles. The maximum absolute atomic E-state index is 6.61. The first-order valence-corrected chi connectivity index (χ1v) is 19.9. The van der Waals surface area contributed by atoms with Crippen LogP contribution in [0.2, 0.25) is 0 Å². The summed E-state index contributed by atoms with van der Waals surface area (Å²) in [5, 5.41) is 12.4. The molecule has 3 aliphatic rings. The Labute approximate surface area is 329 Å². The highest BCUT2D eigenvalue weighted by molar-refractivity contribution is 6.35. The van der Waals surface area contributed by atoms with E-state index in [-0.39, 0.29) is 17.4 Å². The Hall–Kier alpha value is -7.04. The van der Waals surface area contributed by atoms with Crippen LogP contribution in [0.1, 0.15) is 36.6 Å². The van der Waals surface area contributed by atoms with Crippen molar-refractivity contribution < 1.29 is 4.74 Å². The molecule has 1 aliphatic heterocycles. The normalized spacial score (nSPS) is 17.4. The Morgan fingerprint density at radius 1 is 0.544 bits per heavy atom. The van der Waals surface area contributed by atoms with E-state index < -0.39 is 0 Å². The van der Waals surface area contributed by atoms with E-state index in [1.165, 1.54) is 65.0 Å². The van der Waals surface area contributed by atoms with Gasteiger partial charge < -0.3 is 4.74 Å². The van der Waals surface area contributed by atoms with Crippen LogP contribution >= 0.6 is 0 Å². The standard InChI is InChI=1S/C53H35N3O/c1-53(2)41-23-11-9-20-37(41)49-51(53)54-50(39-22-13-25-45-46(39)38-21-10-12-24-44(38)57-45)52(55-49)56-42-27-26-36-34-18-6-5-16-32(34)33-17-7-8-19-35(33)47(36)48(42)40-28-30-14-3-4-15-31(30)29-43(40)56/h3-29,38,44H,1-2H3. The molecule has 0 radical (unpaired) electrons. The van der Waals surface area contributed by atoms with Crippen LogP contribution in [0, 0.1) is 0 Å². The van der Waals surface area contributed by atoms with Gasteiger partial charge in [0.2, 0.25) is 0 Å². The van der Waals surface area contributed by atoms with E-state index >= 15 is 0 Å². The van der Waals surface area contributed by atoms with E-state index in [0.29, 0.717) is 0 Å². The minimum Gasteiger partial charge on any atom is -0.485 e. The maximum Gasteiger partial charge on any atom is 0.165 e. The molecular weight excluding hydrogens is 695 g/mol. The third-order valence-electron chi connectivity index (χ3n) is 13.0. The highest BCUT2D eigenvalue weighted by atomic mass is 16.5. The van der Waals surface area contributed by atoms with Gasteiger partial charge in [0, 0.05) is 44.2 Å². The molecule has 3 heterocycles. The zero-order valence-corrected chi connectivity index (χ0v) is 31.5. The van der Waals surface area contributed by atoms with Gasteiger partial charge in [-0.3, -0.25) is 4.57 Å². The second-order valence-electron chi connectivity index (χ2n) is 16.4. The fourth-order valence-corrected chi connectivity index (χ4v) is 10.5. The van der Waals surface area contributed by atoms with E-state index in [9.17, 15) is 0 Å². The van der Waals surface area contributed by atoms with Crippen molar-refractivity contribution in [1.29, 1.82) is 0 Å². The van der Waals surface area contributed by atoms with Crippen molar-refractivity contribution in [3.63, 3.8) is 0 Å². The summed E-state index contributed by atoms with van der Waals surface area (Å²) in [6.45, 7) is 4.57. The van der Waals surface area contributed by atoms with Crippen molar-refractivity contribution in [2.45, 2.75) is 31.3 Å². The summed E-state index contributed by atoms with van der Waals surface area (Å²) in [5.41, 5.74) is 9.34. The predicted molar refractivity (Wildman–Crippen MR) is 235 cm³/mol. The second kappa shape index (κ2) is 11.0. The second-order valence-corrected chi connectivity index (χ2v) is 16.4. The highest BCUT2D eigenvalue weighted by Gasteiger charge is 2.41. The Kier molecular flexibility index (Phi) is 6.05. The lowest BCUT2D eigenvalue weighted by Gasteiger charge is -2.22. The molecule has 2 unspecified atom stereocenters. The van der Waals surface area contributed by atoms with Crippen molar-refractivity contribution in [2.24, 2.45) is 0 Å². The van der Waals surface area contributed by atoms with E-state index in [2.05, 4.69) is 182 Å². The fourth-order valence-electron chi connectivity index (χ4n) is 10.5. The lowest BCUT2D eigenvalue weighted by atomic mass is 9.85. The topological polar surface area (TPSA) is 39.9 Å². The molecule has 4 heteroatoms. The monoisotopic (exact) mass is 729 g/mol. The molecule has 0 amide bonds. The third kappa shape index (κ3) is 4.07. The van der Waals surface area contributed by atoms with Crippen molar-refractivity contribution in [1.82, 2.24) is 14.5 Å². The number of hydrogen-bond donors (Lipinski definition) is 0. The highest BCUT2D eigenvalue weighted by Crippen LogP contribution is 2.52. The van der Waals surface area contributed by atoms with Gasteiger partial charge in [-0.15, -0.1) is 0 Å². The summed E-state index contributed by atoms with van der Waals surface area (Å²) < 4.78 is 9.02. The van der Waals surface area contributed by atoms with Crippen LogP contribution in [0.15, 0.2) is 164 Å². The number of hydrogen-bond acceptors (Lipinski definition) is 3. The zero-order valence-electron chi connectivity index (χ0n) is 31.5. The SMILES string of the molecule is CC1(C)c2ccccc2-c2nc(-n3c4cc5ccccc5cc4c4c5c6ccccc6c6ccccc6c5ccc43)c(-c3cccc4c3C3C=CC=CC3O4)nc21. The first-order chi connectivity index (χ1) is 28.0. The van der Waals surface area contributed by atoms with Crippen LogP contribution in [0.25, 0.3) is 93.2 Å². The van der Waals surface area contributed by atoms with Crippen LogP contribution in [-0.2, 0) is 5.41 Å². The Balaban J connectivity index is 1.24. The van der Waals surface area contributed by atoms with Gasteiger partial charge in [0.25, 0.3) is 0 Å². The molecular formula is C53H35N3O. The van der Waals surface area contributed by atoms with Crippen molar-refractivity contribution in [2.75, 3.05) is 0 Å². The molecule has 0 N–H and O–H groups in total. The van der Waals surface area contributed by atoms with Gasteiger partial charge >= 0.3 is 0 Å². The van der Waals surface area contributed by atoms with Crippen LogP contribution in [0.4, 0.5) is 0 Å². The molecule has 10 aromatic rings. The molecule has 0 saturated heterocycles. The van der Waals surface area contributed by atoms with E-state index in [0.717, 1.165) is 50.8 Å². The molecule has 2 atom stereocenters. The minimum atomic E-state index is -0.329. The molecule has 57 heavy (non-hydrogen) atoms. The van der Waals surface area contributed by atoms with Crippen LogP contribution in [0.5, 0.6) is 5.75 Å². The van der Waals surface area contributed by atoms with Gasteiger partial charge in [0.1, 0.15) is 17.5 Å². The largest absolute Gasteiger partial charge is 0.485 e. The van der Waals surface area contributed by atoms with Crippen LogP contribution in [0.3, 0.4) is 0 Å². The van der Waals surface area contributed by atoms with Crippen LogP contribution < -0.4 is 4.74 Å². The molecule has 268 valence electrons. The molecule has 13 rings (SSSR count). The summed E-state index contributed by atoms with van der Waals surface area (Å²) >= 11 is 0. The number of benzene rings is 8. The van der Waals surface area contributed by atoms with Gasteiger partial charge in [-0.1, -0.05) is 147 Å². The van der Waals surface area contributed by atoms with Crippen molar-refractivity contribution in [3.8, 4) is 34.1 Å². The van der Waals surface area contributed by atoms with Gasteiger partial charge in [-0.25, -0.2) is 9.97 Å². The summed E-state index contributed by atoms with van der Waals surface area (Å²) in [5.74, 6) is 1.82. The lowest BCUT2D eigenvalue weighted by molar-refractivity contribution is 0.269.